The summed E-state index contributed by atoms with van der Waals surface area (Å²) in [6.07, 6.45) is 13.2. The third-order valence-corrected chi connectivity index (χ3v) is 6.11. The smallest absolute Gasteiger partial charge is 0.225 e. The molecule has 1 aliphatic heterocycles. The molecule has 1 fully saturated rings. The van der Waals surface area contributed by atoms with Gasteiger partial charge in [-0.25, -0.2) is 19.9 Å². The number of nitrogens with zero attached hydrogens (tertiary/aromatic N) is 5. The number of hydrogen-bond acceptors (Lipinski definition) is 7. The Balaban J connectivity index is 1.39. The van der Waals surface area contributed by atoms with Crippen molar-refractivity contribution in [1.82, 2.24) is 25.3 Å². The molecule has 156 valence electrons. The van der Waals surface area contributed by atoms with Crippen molar-refractivity contribution in [1.29, 1.82) is 0 Å². The van der Waals surface area contributed by atoms with E-state index in [-0.39, 0.29) is 6.04 Å². The minimum atomic E-state index is 0.281. The third-order valence-electron chi connectivity index (χ3n) is 6.11. The number of rotatable bonds is 7. The zero-order chi connectivity index (χ0) is 20.1. The molecule has 3 heterocycles. The van der Waals surface area contributed by atoms with Crippen LogP contribution < -0.4 is 10.2 Å². The van der Waals surface area contributed by atoms with Gasteiger partial charge in [0.25, 0.3) is 0 Å². The molecule has 0 bridgehead atoms. The normalized spacial score (nSPS) is 19.9. The number of anilines is 1. The van der Waals surface area contributed by atoms with E-state index < -0.39 is 0 Å². The first-order valence-corrected chi connectivity index (χ1v) is 11.0. The molecule has 1 saturated heterocycles. The summed E-state index contributed by atoms with van der Waals surface area (Å²) >= 11 is 0. The van der Waals surface area contributed by atoms with Gasteiger partial charge in [0.05, 0.1) is 5.69 Å². The van der Waals surface area contributed by atoms with Crippen molar-refractivity contribution in [3.63, 3.8) is 0 Å². The lowest BCUT2D eigenvalue weighted by atomic mass is 9.92. The molecule has 1 aliphatic carbocycles. The van der Waals surface area contributed by atoms with Crippen molar-refractivity contribution in [3.05, 3.63) is 41.2 Å². The van der Waals surface area contributed by atoms with E-state index in [9.17, 15) is 5.11 Å². The summed E-state index contributed by atoms with van der Waals surface area (Å²) in [7, 11) is 0. The Hall–Kier alpha value is -2.12. The van der Waals surface area contributed by atoms with Crippen molar-refractivity contribution in [3.8, 4) is 0 Å². The van der Waals surface area contributed by atoms with Gasteiger partial charge in [-0.2, -0.15) is 0 Å². The van der Waals surface area contributed by atoms with E-state index in [2.05, 4.69) is 27.1 Å². The average molecular weight is 397 g/mol. The zero-order valence-electron chi connectivity index (χ0n) is 17.3. The fraction of sp³-hybridized carbons (Fsp3) is 0.636. The van der Waals surface area contributed by atoms with Crippen LogP contribution in [-0.2, 0) is 19.4 Å². The minimum absolute atomic E-state index is 0.281. The number of nitrogens with one attached hydrogen (secondary N) is 1. The predicted molar refractivity (Wildman–Crippen MR) is 113 cm³/mol. The van der Waals surface area contributed by atoms with Crippen LogP contribution in [0.4, 0.5) is 5.95 Å². The SMILES string of the molecule is CCCc1ncc(CN[C@H]2CCCc3nc(N4CCC(CO)CC4)ncc32)cn1. The topological polar surface area (TPSA) is 87.1 Å². The summed E-state index contributed by atoms with van der Waals surface area (Å²) < 4.78 is 0. The largest absolute Gasteiger partial charge is 0.396 e. The Morgan fingerprint density at radius 2 is 1.90 bits per heavy atom. The van der Waals surface area contributed by atoms with Crippen LogP contribution in [0.2, 0.25) is 0 Å². The first-order valence-electron chi connectivity index (χ1n) is 11.0. The first kappa shape index (κ1) is 20.2. The summed E-state index contributed by atoms with van der Waals surface area (Å²) in [6, 6.07) is 0.281. The van der Waals surface area contributed by atoms with Gasteiger partial charge in [0.15, 0.2) is 0 Å². The fourth-order valence-corrected chi connectivity index (χ4v) is 4.28. The van der Waals surface area contributed by atoms with Crippen LogP contribution in [0, 0.1) is 5.92 Å². The standard InChI is InChI=1S/C22H32N6O/c1-2-4-21-24-12-17(13-25-21)11-23-19-5-3-6-20-18(19)14-26-22(27-20)28-9-7-16(15-29)8-10-28/h12-14,16,19,23,29H,2-11,15H2,1H3/t19-/m0/s1. The lowest BCUT2D eigenvalue weighted by Crippen LogP contribution is -2.36. The van der Waals surface area contributed by atoms with E-state index >= 15 is 0 Å². The molecule has 7 heteroatoms. The zero-order valence-corrected chi connectivity index (χ0v) is 17.3. The van der Waals surface area contributed by atoms with Gasteiger partial charge in [-0.3, -0.25) is 0 Å². The highest BCUT2D eigenvalue weighted by atomic mass is 16.3. The molecule has 0 amide bonds. The van der Waals surface area contributed by atoms with E-state index in [1.54, 1.807) is 0 Å². The number of aromatic nitrogens is 4. The number of aryl methyl sites for hydroxylation is 2. The number of aliphatic hydroxyl groups is 1. The lowest BCUT2D eigenvalue weighted by molar-refractivity contribution is 0.202. The van der Waals surface area contributed by atoms with Crippen molar-refractivity contribution < 1.29 is 5.11 Å². The predicted octanol–water partition coefficient (Wildman–Crippen LogP) is 2.60. The van der Waals surface area contributed by atoms with Crippen molar-refractivity contribution in [2.24, 2.45) is 5.92 Å². The number of piperidine rings is 1. The summed E-state index contributed by atoms with van der Waals surface area (Å²) in [5.74, 6) is 2.20. The minimum Gasteiger partial charge on any atom is -0.396 e. The average Bonchev–Trinajstić information content (AvgIpc) is 2.78. The Bertz CT molecular complexity index is 788. The van der Waals surface area contributed by atoms with Crippen molar-refractivity contribution in [2.45, 2.75) is 64.5 Å². The van der Waals surface area contributed by atoms with Crippen LogP contribution in [0.3, 0.4) is 0 Å². The highest BCUT2D eigenvalue weighted by Crippen LogP contribution is 2.30. The highest BCUT2D eigenvalue weighted by molar-refractivity contribution is 5.36. The van der Waals surface area contributed by atoms with Crippen LogP contribution in [-0.4, -0.2) is 44.7 Å². The van der Waals surface area contributed by atoms with Gasteiger partial charge in [0.1, 0.15) is 5.82 Å². The Morgan fingerprint density at radius 3 is 2.62 bits per heavy atom. The Kier molecular flexibility index (Phi) is 6.67. The third kappa shape index (κ3) is 4.90. The molecule has 2 aromatic heterocycles. The van der Waals surface area contributed by atoms with E-state index in [1.165, 1.54) is 11.3 Å². The van der Waals surface area contributed by atoms with Gasteiger partial charge in [-0.1, -0.05) is 6.92 Å². The molecule has 0 aromatic carbocycles. The maximum absolute atomic E-state index is 9.34. The number of aliphatic hydroxyl groups excluding tert-OH is 1. The van der Waals surface area contributed by atoms with Gasteiger partial charge in [0.2, 0.25) is 5.95 Å². The summed E-state index contributed by atoms with van der Waals surface area (Å²) in [6.45, 7) is 5.05. The molecule has 0 spiro atoms. The van der Waals surface area contributed by atoms with E-state index in [0.29, 0.717) is 12.5 Å². The molecule has 29 heavy (non-hydrogen) atoms. The lowest BCUT2D eigenvalue weighted by Gasteiger charge is -2.32. The van der Waals surface area contributed by atoms with Gasteiger partial charge < -0.3 is 15.3 Å². The number of fused-ring (bicyclic) bond motifs is 1. The first-order chi connectivity index (χ1) is 14.3. The second-order valence-electron chi connectivity index (χ2n) is 8.27. The monoisotopic (exact) mass is 396 g/mol. The van der Waals surface area contributed by atoms with E-state index in [1.807, 2.05) is 18.6 Å². The van der Waals surface area contributed by atoms with Gasteiger partial charge >= 0.3 is 0 Å². The van der Waals surface area contributed by atoms with Crippen molar-refractivity contribution >= 4 is 5.95 Å². The maximum Gasteiger partial charge on any atom is 0.225 e. The molecule has 7 nitrogen and oxygen atoms in total. The molecule has 1 atom stereocenters. The van der Waals surface area contributed by atoms with Crippen LogP contribution >= 0.6 is 0 Å². The molecule has 2 N–H and O–H groups in total. The van der Waals surface area contributed by atoms with E-state index in [0.717, 1.165) is 81.9 Å². The van der Waals surface area contributed by atoms with Gasteiger partial charge in [0, 0.05) is 68.4 Å². The number of hydrogen-bond donors (Lipinski definition) is 2. The molecule has 2 aliphatic rings. The quantitative estimate of drug-likeness (QED) is 0.744. The van der Waals surface area contributed by atoms with Gasteiger partial charge in [-0.15, -0.1) is 0 Å². The molecule has 0 saturated carbocycles. The maximum atomic E-state index is 9.34. The molecule has 0 unspecified atom stereocenters. The Morgan fingerprint density at radius 1 is 1.10 bits per heavy atom. The molecular formula is C22H32N6O. The van der Waals surface area contributed by atoms with Crippen LogP contribution in [0.1, 0.15) is 67.7 Å². The van der Waals surface area contributed by atoms with Crippen LogP contribution in [0.5, 0.6) is 0 Å². The Labute approximate surface area is 173 Å². The molecular weight excluding hydrogens is 364 g/mol. The summed E-state index contributed by atoms with van der Waals surface area (Å²) in [5.41, 5.74) is 3.52. The molecule has 0 radical (unpaired) electrons. The van der Waals surface area contributed by atoms with Gasteiger partial charge in [-0.05, 0) is 44.4 Å². The second-order valence-corrected chi connectivity index (χ2v) is 8.27. The van der Waals surface area contributed by atoms with Crippen LogP contribution in [0.25, 0.3) is 0 Å². The van der Waals surface area contributed by atoms with Crippen LogP contribution in [0.15, 0.2) is 18.6 Å². The summed E-state index contributed by atoms with van der Waals surface area (Å²) in [4.78, 5) is 20.8. The second kappa shape index (κ2) is 9.59. The molecule has 2 aromatic rings. The van der Waals surface area contributed by atoms with E-state index in [4.69, 9.17) is 9.97 Å². The fourth-order valence-electron chi connectivity index (χ4n) is 4.28. The highest BCUT2D eigenvalue weighted by Gasteiger charge is 2.25. The van der Waals surface area contributed by atoms with Crippen molar-refractivity contribution in [2.75, 3.05) is 24.6 Å². The molecule has 4 rings (SSSR count). The summed E-state index contributed by atoms with van der Waals surface area (Å²) in [5, 5.41) is 13.0.